The second-order valence-electron chi connectivity index (χ2n) is 12.8. The first-order valence-electron chi connectivity index (χ1n) is 14.6. The fraction of sp³-hybridized carbons (Fsp3) is 0.588. The number of hydrogen-bond donors (Lipinski definition) is 3. The molecule has 0 aromatic carbocycles. The zero-order valence-electron chi connectivity index (χ0n) is 27.9. The van der Waals surface area contributed by atoms with Crippen LogP contribution in [0.15, 0.2) is 70.1 Å². The molecule has 0 spiro atoms. The summed E-state index contributed by atoms with van der Waals surface area (Å²) >= 11 is 0. The van der Waals surface area contributed by atoms with Crippen LogP contribution in [0.25, 0.3) is 0 Å². The molecule has 8 heteroatoms. The van der Waals surface area contributed by atoms with Gasteiger partial charge in [0.2, 0.25) is 0 Å². The van der Waals surface area contributed by atoms with Crippen LogP contribution in [0.5, 0.6) is 0 Å². The first kappa shape index (κ1) is 41.7. The number of hydrogen-bond acceptors (Lipinski definition) is 6. The SMILES string of the molecule is CCC(C)(CC)C1=C/C(=C/NC(C)(C)C(C)(C)N/C=C2/C=C(C(C)(CC)CC)C=C(C)C2=O)C(=O)C(C)=C1.N=O.O.[Ru]. The summed E-state index contributed by atoms with van der Waals surface area (Å²) in [5, 5.41) is 7.06. The average molecular weight is 671 g/mol. The molecular weight excluding hydrogens is 615 g/mol. The monoisotopic (exact) mass is 671 g/mol. The number of carbonyl (C=O) groups excluding carboxylic acids is 2. The summed E-state index contributed by atoms with van der Waals surface area (Å²) in [6, 6.07) is 0. The maximum absolute atomic E-state index is 13.0. The van der Waals surface area contributed by atoms with Crippen molar-refractivity contribution in [2.24, 2.45) is 10.8 Å². The third-order valence-corrected chi connectivity index (χ3v) is 9.86. The van der Waals surface area contributed by atoms with E-state index in [1.165, 1.54) is 11.1 Å². The molecule has 2 aliphatic carbocycles. The molecule has 0 fully saturated rings. The van der Waals surface area contributed by atoms with Gasteiger partial charge in [-0.3, -0.25) is 9.59 Å². The molecule has 0 aliphatic heterocycles. The van der Waals surface area contributed by atoms with E-state index in [1.807, 2.05) is 26.2 Å². The number of rotatable bonds is 11. The summed E-state index contributed by atoms with van der Waals surface area (Å²) in [4.78, 5) is 33.5. The van der Waals surface area contributed by atoms with Gasteiger partial charge in [-0.25, -0.2) is 0 Å². The van der Waals surface area contributed by atoms with Crippen molar-refractivity contribution < 1.29 is 34.5 Å². The van der Waals surface area contributed by atoms with E-state index in [9.17, 15) is 9.59 Å². The number of Topliss-reactive ketones (excluding diaryl/α,β-unsaturated/α-hetero) is 2. The van der Waals surface area contributed by atoms with Crippen LogP contribution in [0.2, 0.25) is 0 Å². The van der Waals surface area contributed by atoms with E-state index in [0.717, 1.165) is 36.8 Å². The van der Waals surface area contributed by atoms with Gasteiger partial charge in [0.25, 0.3) is 0 Å². The van der Waals surface area contributed by atoms with Crippen molar-refractivity contribution >= 4 is 11.6 Å². The van der Waals surface area contributed by atoms with Crippen LogP contribution < -0.4 is 10.6 Å². The number of nitroso groups, excluding NO2 is 1. The van der Waals surface area contributed by atoms with Crippen LogP contribution in [0.3, 0.4) is 0 Å². The van der Waals surface area contributed by atoms with E-state index in [2.05, 4.69) is 110 Å². The summed E-state index contributed by atoms with van der Waals surface area (Å²) in [6.45, 7) is 25.6. The van der Waals surface area contributed by atoms with Crippen molar-refractivity contribution in [2.75, 3.05) is 0 Å². The van der Waals surface area contributed by atoms with Crippen molar-refractivity contribution in [3.05, 3.63) is 75.0 Å². The maximum atomic E-state index is 13.0. The van der Waals surface area contributed by atoms with Crippen LogP contribution in [-0.4, -0.2) is 28.1 Å². The summed E-state index contributed by atoms with van der Waals surface area (Å²) in [7, 11) is 0. The van der Waals surface area contributed by atoms with Gasteiger partial charge in [0, 0.05) is 43.0 Å². The normalized spacial score (nSPS) is 18.0. The van der Waals surface area contributed by atoms with Gasteiger partial charge in [-0.1, -0.05) is 59.3 Å². The van der Waals surface area contributed by atoms with Crippen molar-refractivity contribution in [2.45, 2.75) is 120 Å². The molecule has 0 heterocycles. The van der Waals surface area contributed by atoms with E-state index >= 15 is 0 Å². The Labute approximate surface area is 267 Å². The van der Waals surface area contributed by atoms with Gasteiger partial charge in [-0.2, -0.15) is 4.91 Å². The van der Waals surface area contributed by atoms with Gasteiger partial charge in [0.15, 0.2) is 11.6 Å². The topological polar surface area (TPSA) is 131 Å². The standard InChI is InChI=1S/C34H52N2O2.HNO.H2O.Ru/c1-13-33(11,14-2)27-17-23(5)29(37)25(19-27)21-35-31(7,8)32(9,10)36-22-26-20-28(18-24(6)30(26)38)34(12,15-3)16-4;1-2;;/h17-22,35-36H,13-16H2,1-12H3;1H;1H2;/b25-21-,26-22-;;;. The Balaban J connectivity index is 0. The Morgan fingerprint density at radius 2 is 0.881 bits per heavy atom. The molecule has 0 saturated carbocycles. The molecule has 238 valence electrons. The first-order valence-corrected chi connectivity index (χ1v) is 14.6. The Morgan fingerprint density at radius 1 is 0.619 bits per heavy atom. The minimum Gasteiger partial charge on any atom is -0.412 e. The van der Waals surface area contributed by atoms with Gasteiger partial charge in [-0.05, 0) is 113 Å². The van der Waals surface area contributed by atoms with Crippen LogP contribution in [-0.2, 0) is 29.1 Å². The molecule has 0 amide bonds. The van der Waals surface area contributed by atoms with Gasteiger partial charge < -0.3 is 16.1 Å². The Hall–Kier alpha value is -2.44. The second kappa shape index (κ2) is 16.4. The fourth-order valence-corrected chi connectivity index (χ4v) is 4.71. The molecule has 7 nitrogen and oxygen atoms in total. The van der Waals surface area contributed by atoms with Gasteiger partial charge in [0.05, 0.1) is 11.1 Å². The summed E-state index contributed by atoms with van der Waals surface area (Å²) < 4.78 is 0. The van der Waals surface area contributed by atoms with Crippen molar-refractivity contribution in [3.63, 3.8) is 0 Å². The zero-order valence-corrected chi connectivity index (χ0v) is 29.6. The maximum Gasteiger partial charge on any atom is 0.190 e. The molecule has 0 unspecified atom stereocenters. The van der Waals surface area contributed by atoms with Crippen molar-refractivity contribution in [3.8, 4) is 0 Å². The quantitative estimate of drug-likeness (QED) is 0.119. The third kappa shape index (κ3) is 9.03. The number of carbonyl (C=O) groups is 2. The van der Waals surface area contributed by atoms with Crippen LogP contribution in [0.4, 0.5) is 0 Å². The minimum absolute atomic E-state index is 0. The van der Waals surface area contributed by atoms with E-state index in [0.29, 0.717) is 11.1 Å². The Kier molecular flexibility index (Phi) is 16.3. The molecule has 0 aromatic heterocycles. The fourth-order valence-electron chi connectivity index (χ4n) is 4.71. The molecule has 2 rings (SSSR count). The van der Waals surface area contributed by atoms with Crippen LogP contribution in [0.1, 0.15) is 109 Å². The summed E-state index contributed by atoms with van der Waals surface area (Å²) in [6.07, 6.45) is 16.0. The molecular formula is C34H55N3O4Ru. The molecule has 0 aromatic rings. The largest absolute Gasteiger partial charge is 0.412 e. The number of nitrogens with one attached hydrogen (secondary N) is 3. The molecule has 5 N–H and O–H groups in total. The average Bonchev–Trinajstić information content (AvgIpc) is 2.94. The molecule has 0 bridgehead atoms. The predicted octanol–water partition coefficient (Wildman–Crippen LogP) is 7.56. The van der Waals surface area contributed by atoms with E-state index in [-0.39, 0.29) is 47.4 Å². The second-order valence-corrected chi connectivity index (χ2v) is 12.8. The van der Waals surface area contributed by atoms with Crippen LogP contribution in [0, 0.1) is 21.3 Å². The smallest absolute Gasteiger partial charge is 0.190 e. The van der Waals surface area contributed by atoms with Gasteiger partial charge >= 0.3 is 0 Å². The number of ketones is 2. The molecule has 0 saturated heterocycles. The van der Waals surface area contributed by atoms with Gasteiger partial charge in [-0.15, -0.1) is 0 Å². The predicted molar refractivity (Wildman–Crippen MR) is 171 cm³/mol. The van der Waals surface area contributed by atoms with E-state index in [4.69, 9.17) is 4.91 Å². The molecule has 0 radical (unpaired) electrons. The number of allylic oxidation sites excluding steroid dienone is 10. The molecule has 2 aliphatic rings. The van der Waals surface area contributed by atoms with Crippen molar-refractivity contribution in [1.82, 2.24) is 10.6 Å². The third-order valence-electron chi connectivity index (χ3n) is 9.86. The Morgan fingerprint density at radius 3 is 1.12 bits per heavy atom. The summed E-state index contributed by atoms with van der Waals surface area (Å²) in [5.74, 6) is 0.115. The summed E-state index contributed by atoms with van der Waals surface area (Å²) in [5.41, 5.74) is 9.05. The first-order chi connectivity index (χ1) is 18.5. The molecule has 42 heavy (non-hydrogen) atoms. The van der Waals surface area contributed by atoms with Crippen molar-refractivity contribution in [1.29, 1.82) is 5.59 Å². The minimum atomic E-state index is -0.435. The zero-order chi connectivity index (χ0) is 31.1. The van der Waals surface area contributed by atoms with Gasteiger partial charge in [0.1, 0.15) is 0 Å². The van der Waals surface area contributed by atoms with E-state index in [1.54, 1.807) is 0 Å². The van der Waals surface area contributed by atoms with E-state index < -0.39 is 11.1 Å². The molecule has 0 atom stereocenters. The van der Waals surface area contributed by atoms with Crippen LogP contribution >= 0.6 is 0 Å². The Bertz CT molecular complexity index is 1070.